The molecule has 0 radical (unpaired) electrons. The molecular weight excluding hydrogens is 574 g/mol. The number of ether oxygens (including phenoxy) is 2. The Morgan fingerprint density at radius 2 is 1.74 bits per heavy atom. The Morgan fingerprint density at radius 3 is 2.39 bits per heavy atom. The molecule has 0 aromatic heterocycles. The summed E-state index contributed by atoms with van der Waals surface area (Å²) in [5.41, 5.74) is 1.86. The topological polar surface area (TPSA) is 105 Å². The number of hydrogen-bond donors (Lipinski definition) is 1. The van der Waals surface area contributed by atoms with Crippen LogP contribution in [0.15, 0.2) is 39.7 Å². The van der Waals surface area contributed by atoms with Gasteiger partial charge in [-0.05, 0) is 62.9 Å². The zero-order valence-corrected chi connectivity index (χ0v) is 24.4. The van der Waals surface area contributed by atoms with Crippen LogP contribution in [0.4, 0.5) is 11.4 Å². The fourth-order valence-electron chi connectivity index (χ4n) is 4.98. The highest BCUT2D eigenvalue weighted by molar-refractivity contribution is 9.10. The van der Waals surface area contributed by atoms with Crippen molar-refractivity contribution in [1.29, 1.82) is 0 Å². The molecule has 1 saturated heterocycles. The molecule has 2 aliphatic heterocycles. The van der Waals surface area contributed by atoms with Gasteiger partial charge in [0.25, 0.3) is 0 Å². The second-order valence-electron chi connectivity index (χ2n) is 9.25. The normalized spacial score (nSPS) is 16.3. The summed E-state index contributed by atoms with van der Waals surface area (Å²) in [4.78, 5) is 27.4. The van der Waals surface area contributed by atoms with Crippen LogP contribution in [0.3, 0.4) is 0 Å². The van der Waals surface area contributed by atoms with E-state index in [1.165, 1.54) is 4.31 Å². The number of halogens is 1. The van der Waals surface area contributed by atoms with Gasteiger partial charge in [-0.2, -0.15) is 4.31 Å². The molecule has 0 bridgehead atoms. The smallest absolute Gasteiger partial charge is 0.245 e. The van der Waals surface area contributed by atoms with Gasteiger partial charge in [0, 0.05) is 42.5 Å². The zero-order valence-electron chi connectivity index (χ0n) is 22.0. The van der Waals surface area contributed by atoms with Crippen molar-refractivity contribution in [2.45, 2.75) is 51.3 Å². The van der Waals surface area contributed by atoms with Crippen molar-refractivity contribution in [3.63, 3.8) is 0 Å². The van der Waals surface area contributed by atoms with Crippen LogP contribution in [0.25, 0.3) is 0 Å². The number of anilines is 2. The summed E-state index contributed by atoms with van der Waals surface area (Å²) in [5, 5.41) is 2.95. The maximum Gasteiger partial charge on any atom is 0.245 e. The average molecular weight is 609 g/mol. The molecule has 11 heteroatoms. The number of nitrogens with zero attached hydrogens (tertiary/aromatic N) is 2. The molecule has 0 atom stereocenters. The van der Waals surface area contributed by atoms with Crippen molar-refractivity contribution >= 4 is 49.1 Å². The molecule has 1 N–H and O–H groups in total. The van der Waals surface area contributed by atoms with Gasteiger partial charge in [0.15, 0.2) is 0 Å². The Balaban J connectivity index is 1.49. The minimum Gasteiger partial charge on any atom is -0.494 e. The van der Waals surface area contributed by atoms with E-state index in [0.717, 1.165) is 5.56 Å². The van der Waals surface area contributed by atoms with E-state index in [9.17, 15) is 18.0 Å². The summed E-state index contributed by atoms with van der Waals surface area (Å²) in [6.45, 7) is 7.37. The minimum absolute atomic E-state index is 0.0993. The third-order valence-corrected chi connectivity index (χ3v) is 9.23. The van der Waals surface area contributed by atoms with Crippen LogP contribution in [-0.4, -0.2) is 57.4 Å². The fraction of sp³-hybridized carbons (Fsp3) is 0.481. The number of sulfonamides is 1. The van der Waals surface area contributed by atoms with Crippen LogP contribution in [0, 0.1) is 5.92 Å². The summed E-state index contributed by atoms with van der Waals surface area (Å²) < 4.78 is 40.9. The lowest BCUT2D eigenvalue weighted by Gasteiger charge is -2.32. The van der Waals surface area contributed by atoms with Crippen LogP contribution < -0.4 is 19.7 Å². The summed E-state index contributed by atoms with van der Waals surface area (Å²) in [6, 6.07) is 8.76. The summed E-state index contributed by atoms with van der Waals surface area (Å²) in [5.74, 6) is 0.554. The Morgan fingerprint density at radius 1 is 1.03 bits per heavy atom. The van der Waals surface area contributed by atoms with Gasteiger partial charge in [0.2, 0.25) is 21.8 Å². The van der Waals surface area contributed by atoms with E-state index in [1.54, 1.807) is 36.1 Å². The summed E-state index contributed by atoms with van der Waals surface area (Å²) in [7, 11) is -3.88. The highest BCUT2D eigenvalue weighted by Crippen LogP contribution is 2.40. The molecule has 9 nitrogen and oxygen atoms in total. The number of carbonyl (C=O) groups excluding carboxylic acids is 2. The predicted molar refractivity (Wildman–Crippen MR) is 149 cm³/mol. The van der Waals surface area contributed by atoms with Gasteiger partial charge in [-0.3, -0.25) is 9.59 Å². The number of amides is 2. The van der Waals surface area contributed by atoms with Gasteiger partial charge in [-0.1, -0.05) is 22.9 Å². The number of rotatable bonds is 9. The van der Waals surface area contributed by atoms with Crippen LogP contribution in [0.1, 0.15) is 45.6 Å². The molecule has 2 aromatic rings. The van der Waals surface area contributed by atoms with Crippen LogP contribution in [-0.2, 0) is 26.0 Å². The molecule has 38 heavy (non-hydrogen) atoms. The van der Waals surface area contributed by atoms with Gasteiger partial charge < -0.3 is 19.7 Å². The number of piperidine rings is 1. The Kier molecular flexibility index (Phi) is 9.00. The standard InChI is InChI=1S/C27H34BrN3O6S/c1-4-25(32)31-14-11-19-15-20(28)16-24(26(19)31)38(34,35)30-12-9-18(10-13-30)27(33)29-22-17-21(36-5-2)7-8-23(22)37-6-3/h7-8,15-18H,4-6,9-14H2,1-3H3,(H,29,33). The largest absolute Gasteiger partial charge is 0.494 e. The van der Waals surface area contributed by atoms with Crippen molar-refractivity contribution in [3.05, 3.63) is 40.4 Å². The van der Waals surface area contributed by atoms with Crippen LogP contribution in [0.2, 0.25) is 0 Å². The number of hydrogen-bond acceptors (Lipinski definition) is 6. The van der Waals surface area contributed by atoms with Gasteiger partial charge in [0.1, 0.15) is 16.4 Å². The highest BCUT2D eigenvalue weighted by atomic mass is 79.9. The van der Waals surface area contributed by atoms with Crippen LogP contribution in [0.5, 0.6) is 11.5 Å². The van der Waals surface area contributed by atoms with E-state index < -0.39 is 10.0 Å². The van der Waals surface area contributed by atoms with Crippen molar-refractivity contribution in [2.24, 2.45) is 5.92 Å². The first-order valence-electron chi connectivity index (χ1n) is 13.0. The van der Waals surface area contributed by atoms with E-state index in [0.29, 0.717) is 72.8 Å². The number of carbonyl (C=O) groups is 2. The Hall–Kier alpha value is -2.63. The number of benzene rings is 2. The third-order valence-electron chi connectivity index (χ3n) is 6.86. The monoisotopic (exact) mass is 607 g/mol. The number of fused-ring (bicyclic) bond motifs is 1. The first-order valence-corrected chi connectivity index (χ1v) is 15.3. The highest BCUT2D eigenvalue weighted by Gasteiger charge is 2.37. The van der Waals surface area contributed by atoms with E-state index >= 15 is 0 Å². The van der Waals surface area contributed by atoms with E-state index in [4.69, 9.17) is 9.47 Å². The molecule has 0 unspecified atom stereocenters. The third kappa shape index (κ3) is 5.84. The SMILES string of the molecule is CCOc1ccc(OCC)c(NC(=O)C2CCN(S(=O)(=O)c3cc(Br)cc4c3N(C(=O)CC)CC4)CC2)c1. The molecule has 206 valence electrons. The average Bonchev–Trinajstić information content (AvgIpc) is 3.33. The van der Waals surface area contributed by atoms with E-state index in [2.05, 4.69) is 21.2 Å². The lowest BCUT2D eigenvalue weighted by atomic mass is 9.97. The minimum atomic E-state index is -3.88. The molecule has 0 aliphatic carbocycles. The van der Waals surface area contributed by atoms with E-state index in [1.807, 2.05) is 19.9 Å². The lowest BCUT2D eigenvalue weighted by molar-refractivity contribution is -0.121. The van der Waals surface area contributed by atoms with Crippen molar-refractivity contribution in [1.82, 2.24) is 4.31 Å². The maximum atomic E-state index is 13.8. The quantitative estimate of drug-likeness (QED) is 0.447. The lowest BCUT2D eigenvalue weighted by Crippen LogP contribution is -2.42. The molecule has 0 saturated carbocycles. The summed E-state index contributed by atoms with van der Waals surface area (Å²) in [6.07, 6.45) is 1.68. The molecule has 2 heterocycles. The van der Waals surface area contributed by atoms with Crippen LogP contribution >= 0.6 is 15.9 Å². The van der Waals surface area contributed by atoms with Gasteiger partial charge in [0.05, 0.1) is 24.6 Å². The predicted octanol–water partition coefficient (Wildman–Crippen LogP) is 4.59. The molecule has 2 aliphatic rings. The number of nitrogens with one attached hydrogen (secondary N) is 1. The van der Waals surface area contributed by atoms with E-state index in [-0.39, 0.29) is 35.7 Å². The molecular formula is C27H34BrN3O6S. The second-order valence-corrected chi connectivity index (χ2v) is 12.1. The first kappa shape index (κ1) is 28.4. The summed E-state index contributed by atoms with van der Waals surface area (Å²) >= 11 is 3.44. The molecule has 2 amide bonds. The zero-order chi connectivity index (χ0) is 27.4. The fourth-order valence-corrected chi connectivity index (χ4v) is 7.37. The van der Waals surface area contributed by atoms with Crippen molar-refractivity contribution in [3.8, 4) is 11.5 Å². The van der Waals surface area contributed by atoms with Crippen molar-refractivity contribution in [2.75, 3.05) is 43.1 Å². The van der Waals surface area contributed by atoms with Gasteiger partial charge in [-0.15, -0.1) is 0 Å². The molecule has 0 spiro atoms. The van der Waals surface area contributed by atoms with Gasteiger partial charge in [-0.25, -0.2) is 8.42 Å². The second kappa shape index (κ2) is 12.0. The molecule has 2 aromatic carbocycles. The Labute approximate surface area is 232 Å². The van der Waals surface area contributed by atoms with Gasteiger partial charge >= 0.3 is 0 Å². The maximum absolute atomic E-state index is 13.8. The molecule has 4 rings (SSSR count). The van der Waals surface area contributed by atoms with Crippen molar-refractivity contribution < 1.29 is 27.5 Å². The Bertz CT molecular complexity index is 1310. The molecule has 1 fully saturated rings. The first-order chi connectivity index (χ1) is 18.2.